The number of nitrogens with zero attached hydrogens (tertiary/aromatic N) is 1. The average Bonchev–Trinajstić information content (AvgIpc) is 2.33. The van der Waals surface area contributed by atoms with Crippen LogP contribution in [0.1, 0.15) is 24.3 Å². The fourth-order valence-electron chi connectivity index (χ4n) is 0.765. The summed E-state index contributed by atoms with van der Waals surface area (Å²) in [5.41, 5.74) is 0.532. The summed E-state index contributed by atoms with van der Waals surface area (Å²) >= 11 is 2.06. The van der Waals surface area contributed by atoms with Crippen LogP contribution in [0.25, 0.3) is 0 Å². The van der Waals surface area contributed by atoms with Gasteiger partial charge in [0.25, 0.3) is 5.91 Å². The minimum atomic E-state index is -0.105. The molecule has 0 bridgehead atoms. The molecule has 0 aliphatic heterocycles. The highest BCUT2D eigenvalue weighted by Crippen LogP contribution is 2.07. The van der Waals surface area contributed by atoms with Gasteiger partial charge in [-0.1, -0.05) is 0 Å². The van der Waals surface area contributed by atoms with Gasteiger partial charge in [0.1, 0.15) is 5.69 Å². The van der Waals surface area contributed by atoms with Crippen molar-refractivity contribution in [1.82, 2.24) is 15.5 Å². The Bertz CT molecular complexity index is 282. The zero-order chi connectivity index (χ0) is 9.14. The Balaban J connectivity index is 2.72. The van der Waals surface area contributed by atoms with Crippen molar-refractivity contribution in [2.24, 2.45) is 0 Å². The topological polar surface area (TPSA) is 57.8 Å². The number of aromatic nitrogens is 2. The lowest BCUT2D eigenvalue weighted by atomic mass is 10.3. The molecule has 0 atom stereocenters. The van der Waals surface area contributed by atoms with Crippen molar-refractivity contribution < 1.29 is 4.79 Å². The predicted octanol–water partition coefficient (Wildman–Crippen LogP) is 1.15. The highest BCUT2D eigenvalue weighted by atomic mass is 127. The molecule has 1 amide bonds. The summed E-state index contributed by atoms with van der Waals surface area (Å²) in [6, 6.07) is 0.150. The van der Waals surface area contributed by atoms with Crippen molar-refractivity contribution in [3.8, 4) is 0 Å². The predicted molar refractivity (Wildman–Crippen MR) is 53.9 cm³/mol. The van der Waals surface area contributed by atoms with E-state index in [-0.39, 0.29) is 11.9 Å². The molecule has 0 saturated carbocycles. The van der Waals surface area contributed by atoms with Crippen LogP contribution in [0.2, 0.25) is 0 Å². The van der Waals surface area contributed by atoms with E-state index < -0.39 is 0 Å². The average molecular weight is 279 g/mol. The number of rotatable bonds is 2. The molecule has 0 aliphatic carbocycles. The van der Waals surface area contributed by atoms with Crippen LogP contribution in [0.3, 0.4) is 0 Å². The monoisotopic (exact) mass is 279 g/mol. The van der Waals surface area contributed by atoms with Crippen LogP contribution in [0, 0.1) is 3.57 Å². The van der Waals surface area contributed by atoms with Crippen molar-refractivity contribution >= 4 is 28.5 Å². The van der Waals surface area contributed by atoms with Gasteiger partial charge >= 0.3 is 0 Å². The Morgan fingerprint density at radius 1 is 1.75 bits per heavy atom. The largest absolute Gasteiger partial charge is 0.349 e. The lowest BCUT2D eigenvalue weighted by Gasteiger charge is -2.06. The van der Waals surface area contributed by atoms with Crippen molar-refractivity contribution in [3.05, 3.63) is 15.5 Å². The van der Waals surface area contributed by atoms with E-state index in [0.29, 0.717) is 5.69 Å². The smallest absolute Gasteiger partial charge is 0.270 e. The third kappa shape index (κ3) is 2.20. The van der Waals surface area contributed by atoms with E-state index in [0.717, 1.165) is 3.57 Å². The number of carbonyl (C=O) groups is 1. The Labute approximate surface area is 84.3 Å². The van der Waals surface area contributed by atoms with Gasteiger partial charge in [0.2, 0.25) is 0 Å². The number of H-pyrrole nitrogens is 1. The molecular formula is C7H10IN3O. The molecule has 1 aromatic heterocycles. The molecular weight excluding hydrogens is 269 g/mol. The molecule has 0 saturated heterocycles. The molecule has 0 radical (unpaired) electrons. The van der Waals surface area contributed by atoms with Gasteiger partial charge in [-0.2, -0.15) is 5.10 Å². The summed E-state index contributed by atoms with van der Waals surface area (Å²) in [7, 11) is 0. The van der Waals surface area contributed by atoms with Crippen LogP contribution in [0.5, 0.6) is 0 Å². The molecule has 0 aromatic carbocycles. The zero-order valence-electron chi connectivity index (χ0n) is 6.89. The fraction of sp³-hybridized carbons (Fsp3) is 0.429. The Morgan fingerprint density at radius 2 is 2.42 bits per heavy atom. The van der Waals surface area contributed by atoms with Crippen LogP contribution in [-0.2, 0) is 0 Å². The third-order valence-corrected chi connectivity index (χ3v) is 2.06. The van der Waals surface area contributed by atoms with E-state index >= 15 is 0 Å². The first-order chi connectivity index (χ1) is 5.61. The number of hydrogen-bond donors (Lipinski definition) is 2. The van der Waals surface area contributed by atoms with Crippen molar-refractivity contribution in [2.45, 2.75) is 19.9 Å². The molecule has 1 rings (SSSR count). The Kier molecular flexibility index (Phi) is 3.07. The van der Waals surface area contributed by atoms with Gasteiger partial charge in [-0.3, -0.25) is 9.89 Å². The fourth-order valence-corrected chi connectivity index (χ4v) is 1.27. The molecule has 4 nitrogen and oxygen atoms in total. The number of carbonyl (C=O) groups excluding carboxylic acids is 1. The summed E-state index contributed by atoms with van der Waals surface area (Å²) in [5.74, 6) is -0.105. The highest BCUT2D eigenvalue weighted by molar-refractivity contribution is 14.1. The second-order valence-electron chi connectivity index (χ2n) is 2.72. The second kappa shape index (κ2) is 3.88. The zero-order valence-corrected chi connectivity index (χ0v) is 9.05. The Hall–Kier alpha value is -0.590. The molecule has 0 fully saturated rings. The standard InChI is InChI=1S/C7H10IN3O/c1-4(2)10-7(12)6-5(8)3-9-11-6/h3-4H,1-2H3,(H,9,11)(H,10,12). The number of halogens is 1. The summed E-state index contributed by atoms with van der Waals surface area (Å²) < 4.78 is 0.839. The first kappa shape index (κ1) is 9.50. The van der Waals surface area contributed by atoms with E-state index in [2.05, 4.69) is 38.1 Å². The number of amides is 1. The molecule has 1 aromatic rings. The van der Waals surface area contributed by atoms with Crippen LogP contribution in [0.15, 0.2) is 6.20 Å². The molecule has 2 N–H and O–H groups in total. The molecule has 0 spiro atoms. The quantitative estimate of drug-likeness (QED) is 0.798. The third-order valence-electron chi connectivity index (χ3n) is 1.24. The minimum Gasteiger partial charge on any atom is -0.349 e. The van der Waals surface area contributed by atoms with Crippen LogP contribution >= 0.6 is 22.6 Å². The van der Waals surface area contributed by atoms with Crippen LogP contribution in [-0.4, -0.2) is 22.1 Å². The van der Waals surface area contributed by atoms with E-state index in [1.54, 1.807) is 6.20 Å². The lowest BCUT2D eigenvalue weighted by Crippen LogP contribution is -2.30. The number of nitrogens with one attached hydrogen (secondary N) is 2. The summed E-state index contributed by atoms with van der Waals surface area (Å²) in [5, 5.41) is 9.17. The first-order valence-electron chi connectivity index (χ1n) is 3.61. The highest BCUT2D eigenvalue weighted by Gasteiger charge is 2.11. The van der Waals surface area contributed by atoms with Gasteiger partial charge in [0, 0.05) is 6.04 Å². The maximum absolute atomic E-state index is 11.3. The van der Waals surface area contributed by atoms with Gasteiger partial charge in [-0.05, 0) is 36.4 Å². The Morgan fingerprint density at radius 3 is 2.83 bits per heavy atom. The van der Waals surface area contributed by atoms with Gasteiger partial charge in [0.05, 0.1) is 9.77 Å². The van der Waals surface area contributed by atoms with E-state index in [1.165, 1.54) is 0 Å². The first-order valence-corrected chi connectivity index (χ1v) is 4.69. The number of aromatic amines is 1. The summed E-state index contributed by atoms with van der Waals surface area (Å²) in [6.45, 7) is 3.84. The van der Waals surface area contributed by atoms with Gasteiger partial charge in [0.15, 0.2) is 0 Å². The summed E-state index contributed by atoms with van der Waals surface area (Å²) in [4.78, 5) is 11.3. The van der Waals surface area contributed by atoms with Crippen molar-refractivity contribution in [3.63, 3.8) is 0 Å². The molecule has 0 unspecified atom stereocenters. The molecule has 5 heteroatoms. The number of hydrogen-bond acceptors (Lipinski definition) is 2. The van der Waals surface area contributed by atoms with E-state index in [9.17, 15) is 4.79 Å². The summed E-state index contributed by atoms with van der Waals surface area (Å²) in [6.07, 6.45) is 1.62. The SMILES string of the molecule is CC(C)NC(=O)c1[nH]ncc1I. The molecule has 1 heterocycles. The normalized spacial score (nSPS) is 10.3. The van der Waals surface area contributed by atoms with Crippen molar-refractivity contribution in [2.75, 3.05) is 0 Å². The van der Waals surface area contributed by atoms with E-state index in [4.69, 9.17) is 0 Å². The maximum atomic E-state index is 11.3. The van der Waals surface area contributed by atoms with E-state index in [1.807, 2.05) is 13.8 Å². The minimum absolute atomic E-state index is 0.105. The van der Waals surface area contributed by atoms with Crippen molar-refractivity contribution in [1.29, 1.82) is 0 Å². The van der Waals surface area contributed by atoms with Gasteiger partial charge in [-0.15, -0.1) is 0 Å². The second-order valence-corrected chi connectivity index (χ2v) is 3.88. The van der Waals surface area contributed by atoms with Gasteiger partial charge < -0.3 is 5.32 Å². The molecule has 66 valence electrons. The molecule has 12 heavy (non-hydrogen) atoms. The molecule has 0 aliphatic rings. The van der Waals surface area contributed by atoms with Gasteiger partial charge in [-0.25, -0.2) is 0 Å². The maximum Gasteiger partial charge on any atom is 0.270 e. The van der Waals surface area contributed by atoms with Crippen LogP contribution < -0.4 is 5.32 Å². The van der Waals surface area contributed by atoms with Crippen LogP contribution in [0.4, 0.5) is 0 Å². The lowest BCUT2D eigenvalue weighted by molar-refractivity contribution is 0.0937.